The zero-order valence-corrected chi connectivity index (χ0v) is 33.9. The van der Waals surface area contributed by atoms with Crippen LogP contribution in [0.2, 0.25) is 0 Å². The van der Waals surface area contributed by atoms with E-state index in [1.807, 2.05) is 74.5 Å². The van der Waals surface area contributed by atoms with Crippen LogP contribution in [0, 0.1) is 0 Å². The van der Waals surface area contributed by atoms with Crippen molar-refractivity contribution >= 4 is 40.5 Å². The van der Waals surface area contributed by atoms with Gasteiger partial charge in [-0.05, 0) is 101 Å². The maximum Gasteiger partial charge on any atom is 0.357 e. The number of imidazole rings is 2. The normalized spacial score (nSPS) is 17.3. The van der Waals surface area contributed by atoms with Crippen LogP contribution in [0.1, 0.15) is 135 Å². The van der Waals surface area contributed by atoms with Crippen LogP contribution in [-0.4, -0.2) is 78.6 Å². The lowest BCUT2D eigenvalue weighted by Crippen LogP contribution is -2.42. The average molecular weight is 805 g/mol. The van der Waals surface area contributed by atoms with Gasteiger partial charge in [-0.25, -0.2) is 24.4 Å². The molecule has 0 spiro atoms. The number of methoxy groups -OCH3 is 2. The topological polar surface area (TPSA) is 169 Å². The number of carbonyl (C=O) groups is 5. The minimum absolute atomic E-state index is 0.0430. The molecule has 13 nitrogen and oxygen atoms in total. The van der Waals surface area contributed by atoms with E-state index >= 15 is 0 Å². The van der Waals surface area contributed by atoms with Crippen LogP contribution in [0.4, 0.5) is 0 Å². The molecule has 2 aromatic heterocycles. The molecule has 0 radical (unpaired) electrons. The number of halogens is 1. The summed E-state index contributed by atoms with van der Waals surface area (Å²) in [6.45, 7) is 3.99. The Morgan fingerprint density at radius 1 is 0.684 bits per heavy atom. The Morgan fingerprint density at radius 2 is 1.12 bits per heavy atom. The summed E-state index contributed by atoms with van der Waals surface area (Å²) in [5.41, 5.74) is 0.577. The number of benzene rings is 2. The molecule has 2 aromatic carbocycles. The summed E-state index contributed by atoms with van der Waals surface area (Å²) in [5.74, 6) is -1.06. The summed E-state index contributed by atoms with van der Waals surface area (Å²) >= 11 is 5.48. The number of aromatic nitrogens is 4. The molecule has 7 rings (SSSR count). The highest BCUT2D eigenvalue weighted by atomic mass is 35.5. The zero-order valence-electron chi connectivity index (χ0n) is 33.1. The van der Waals surface area contributed by atoms with Crippen molar-refractivity contribution in [2.45, 2.75) is 114 Å². The van der Waals surface area contributed by atoms with Crippen LogP contribution in [0.15, 0.2) is 85.7 Å². The molecule has 3 saturated carbocycles. The van der Waals surface area contributed by atoms with E-state index in [1.165, 1.54) is 26.6 Å². The van der Waals surface area contributed by atoms with Crippen molar-refractivity contribution in [3.05, 3.63) is 108 Å². The van der Waals surface area contributed by atoms with Gasteiger partial charge in [-0.15, -0.1) is 0 Å². The van der Waals surface area contributed by atoms with E-state index < -0.39 is 34.4 Å². The Morgan fingerprint density at radius 3 is 1.54 bits per heavy atom. The van der Waals surface area contributed by atoms with E-state index in [0.29, 0.717) is 42.9 Å². The quantitative estimate of drug-likeness (QED) is 0.100. The number of rotatable bonds is 9. The molecule has 4 aromatic rings. The number of Topliss-reactive ketones (excluding diaryl/α,β-unsaturated/α-hetero) is 1. The molecule has 0 amide bonds. The molecule has 14 heteroatoms. The Bertz CT molecular complexity index is 1910. The molecule has 3 aliphatic rings. The summed E-state index contributed by atoms with van der Waals surface area (Å²) in [6, 6.07) is 19.7. The molecule has 2 atom stereocenters. The monoisotopic (exact) mass is 804 g/mol. The van der Waals surface area contributed by atoms with Gasteiger partial charge in [0.05, 0.1) is 51.4 Å². The van der Waals surface area contributed by atoms with Gasteiger partial charge in [-0.2, -0.15) is 0 Å². The van der Waals surface area contributed by atoms with Gasteiger partial charge in [0, 0.05) is 12.8 Å². The number of carbonyl (C=O) groups excluding carboxylic acids is 5. The predicted molar refractivity (Wildman–Crippen MR) is 213 cm³/mol. The molecule has 3 fully saturated rings. The van der Waals surface area contributed by atoms with Crippen molar-refractivity contribution in [3.8, 4) is 0 Å². The van der Waals surface area contributed by atoms with Crippen molar-refractivity contribution in [2.75, 3.05) is 14.2 Å². The van der Waals surface area contributed by atoms with Gasteiger partial charge in [0.15, 0.2) is 5.60 Å². The number of nitrogens with zero attached hydrogens (tertiary/aromatic N) is 4. The Balaban J connectivity index is 0.000000191. The van der Waals surface area contributed by atoms with Gasteiger partial charge in [0.1, 0.15) is 17.2 Å². The van der Waals surface area contributed by atoms with Crippen LogP contribution >= 0.6 is 11.6 Å². The highest BCUT2D eigenvalue weighted by Crippen LogP contribution is 2.35. The molecule has 3 aliphatic carbocycles. The smallest absolute Gasteiger partial charge is 0.357 e. The van der Waals surface area contributed by atoms with Gasteiger partial charge in [0.25, 0.3) is 5.24 Å². The number of ketones is 1. The van der Waals surface area contributed by atoms with Crippen molar-refractivity contribution in [1.29, 1.82) is 0 Å². The molecule has 306 valence electrons. The van der Waals surface area contributed by atoms with Crippen LogP contribution < -0.4 is 0 Å². The standard InChI is InChI=1S/C19H22N2O4.C12H11ClN2O.C7H12O3.C5H8O/c1-14(15-8-4-3-5-9-15)21-13-20-12-16(21)17(22)25-19(18(23)24-2)10-6-7-11-19;1-9(10-5-3-2-4-6-10)15-8-14-7-11(15)12(13)16;1-10-6(8)7(9)4-2-3-5-7;6-5-3-1-2-4-5/h3-5,8-9,12-14H,6-7,10-11H2,1-2H3;2-9H,1H3;9H,2-5H2,1H3;1-4H2/t14-;9-;;/m11../s1. The van der Waals surface area contributed by atoms with Crippen molar-refractivity contribution in [1.82, 2.24) is 19.1 Å². The fourth-order valence-corrected chi connectivity index (χ4v) is 7.30. The van der Waals surface area contributed by atoms with E-state index in [1.54, 1.807) is 21.8 Å². The summed E-state index contributed by atoms with van der Waals surface area (Å²) in [4.78, 5) is 65.2. The number of ether oxygens (including phenoxy) is 3. The van der Waals surface area contributed by atoms with E-state index in [9.17, 15) is 29.1 Å². The van der Waals surface area contributed by atoms with Crippen molar-refractivity contribution < 1.29 is 43.3 Å². The third-order valence-electron chi connectivity index (χ3n) is 10.6. The second-order valence-electron chi connectivity index (χ2n) is 14.4. The highest BCUT2D eigenvalue weighted by molar-refractivity contribution is 6.67. The van der Waals surface area contributed by atoms with Crippen LogP contribution in [0.5, 0.6) is 0 Å². The molecule has 0 unspecified atom stereocenters. The average Bonchev–Trinajstić information content (AvgIpc) is 4.09. The number of hydrogen-bond donors (Lipinski definition) is 1. The lowest BCUT2D eigenvalue weighted by Gasteiger charge is -2.26. The Labute approximate surface area is 338 Å². The van der Waals surface area contributed by atoms with Crippen LogP contribution in [0.25, 0.3) is 0 Å². The third-order valence-corrected chi connectivity index (χ3v) is 10.7. The first-order valence-electron chi connectivity index (χ1n) is 19.3. The SMILES string of the molecule is COC(=O)C1(O)CCCC1.COC(=O)C1(OC(=O)c2cncn2[C@H](C)c2ccccc2)CCCC1.C[C@H](c1ccccc1)n1cncc1C(=O)Cl.O=C1CCCC1. The molecule has 0 aliphatic heterocycles. The maximum absolute atomic E-state index is 12.8. The number of hydrogen-bond acceptors (Lipinski definition) is 11. The fourth-order valence-electron chi connectivity index (χ4n) is 7.15. The van der Waals surface area contributed by atoms with Gasteiger partial charge < -0.3 is 28.5 Å². The predicted octanol–water partition coefficient (Wildman–Crippen LogP) is 7.60. The van der Waals surface area contributed by atoms with E-state index in [4.69, 9.17) is 21.1 Å². The summed E-state index contributed by atoms with van der Waals surface area (Å²) in [5, 5.41) is 9.00. The van der Waals surface area contributed by atoms with Crippen LogP contribution in [-0.2, 0) is 28.6 Å². The largest absolute Gasteiger partial charge is 0.467 e. The van der Waals surface area contributed by atoms with Gasteiger partial charge >= 0.3 is 17.9 Å². The van der Waals surface area contributed by atoms with E-state index in [0.717, 1.165) is 62.5 Å². The molecular formula is C43H53ClN4O9. The minimum Gasteiger partial charge on any atom is -0.467 e. The first-order chi connectivity index (χ1) is 27.4. The second kappa shape index (κ2) is 21.4. The fraction of sp³-hybridized carbons (Fsp3) is 0.465. The summed E-state index contributed by atoms with van der Waals surface area (Å²) < 4.78 is 18.5. The van der Waals surface area contributed by atoms with Gasteiger partial charge in [0.2, 0.25) is 5.60 Å². The Hall–Kier alpha value is -5.14. The molecular weight excluding hydrogens is 752 g/mol. The van der Waals surface area contributed by atoms with Gasteiger partial charge in [-0.1, -0.05) is 60.7 Å². The first-order valence-corrected chi connectivity index (χ1v) is 19.7. The minimum atomic E-state index is -1.17. The third kappa shape index (κ3) is 11.9. The van der Waals surface area contributed by atoms with Crippen molar-refractivity contribution in [3.63, 3.8) is 0 Å². The zero-order chi connectivity index (χ0) is 41.4. The Kier molecular flexibility index (Phi) is 16.7. The lowest BCUT2D eigenvalue weighted by atomic mass is 10.0. The molecule has 1 N–H and O–H groups in total. The van der Waals surface area contributed by atoms with Gasteiger partial charge in [-0.3, -0.25) is 9.59 Å². The van der Waals surface area contributed by atoms with Crippen molar-refractivity contribution in [2.24, 2.45) is 0 Å². The van der Waals surface area contributed by atoms with E-state index in [2.05, 4.69) is 14.7 Å². The summed E-state index contributed by atoms with van der Waals surface area (Å²) in [7, 11) is 2.62. The molecule has 0 bridgehead atoms. The maximum atomic E-state index is 12.8. The summed E-state index contributed by atoms with van der Waals surface area (Å²) in [6.07, 6.45) is 15.8. The number of esters is 3. The molecule has 0 saturated heterocycles. The highest BCUT2D eigenvalue weighted by Gasteiger charge is 2.47. The van der Waals surface area contributed by atoms with E-state index in [-0.39, 0.29) is 12.1 Å². The number of aliphatic hydroxyl groups is 1. The molecule has 57 heavy (non-hydrogen) atoms. The second-order valence-corrected chi connectivity index (χ2v) is 14.7. The lowest BCUT2D eigenvalue weighted by molar-refractivity contribution is -0.162. The first kappa shape index (κ1) is 44.6. The molecule has 2 heterocycles. The van der Waals surface area contributed by atoms with Crippen LogP contribution in [0.3, 0.4) is 0 Å².